The normalized spacial score (nSPS) is 10.4. The van der Waals surface area contributed by atoms with Gasteiger partial charge in [0, 0.05) is 30.9 Å². The van der Waals surface area contributed by atoms with Crippen LogP contribution < -0.4 is 10.6 Å². The molecule has 5 nitrogen and oxygen atoms in total. The fraction of sp³-hybridized carbons (Fsp3) is 0.294. The van der Waals surface area contributed by atoms with Crippen LogP contribution in [-0.4, -0.2) is 18.0 Å². The Morgan fingerprint density at radius 3 is 2.27 bits per heavy atom. The van der Waals surface area contributed by atoms with Gasteiger partial charge in [-0.1, -0.05) is 30.3 Å². The molecule has 2 aromatic carbocycles. The molecule has 0 aliphatic rings. The number of nitrogens with one attached hydrogen (secondary N) is 2. The molecule has 0 aromatic heterocycles. The molecule has 22 heavy (non-hydrogen) atoms. The molecular formula is C17H21N3O2. The zero-order valence-corrected chi connectivity index (χ0v) is 12.5. The number of benzene rings is 2. The second-order valence-corrected chi connectivity index (χ2v) is 5.10. The standard InChI is InChI=1S/C17H21N3O2/c21-20(22)17-10-8-16(9-11-17)19-13-5-4-12-18-14-15-6-2-1-3-7-15/h1-3,6-11,18-19H,4-5,12-14H2. The largest absolute Gasteiger partial charge is 0.385 e. The molecule has 0 heterocycles. The third kappa shape index (κ3) is 5.54. The number of nitro benzene ring substituents is 1. The van der Waals surface area contributed by atoms with Gasteiger partial charge in [0.05, 0.1) is 4.92 Å². The van der Waals surface area contributed by atoms with Crippen LogP contribution in [0.5, 0.6) is 0 Å². The van der Waals surface area contributed by atoms with Crippen molar-refractivity contribution in [3.8, 4) is 0 Å². The van der Waals surface area contributed by atoms with Gasteiger partial charge < -0.3 is 10.6 Å². The van der Waals surface area contributed by atoms with Crippen molar-refractivity contribution in [2.45, 2.75) is 19.4 Å². The lowest BCUT2D eigenvalue weighted by atomic mass is 10.2. The molecule has 0 fully saturated rings. The maximum atomic E-state index is 10.6. The van der Waals surface area contributed by atoms with E-state index in [-0.39, 0.29) is 10.6 Å². The predicted octanol–water partition coefficient (Wildman–Crippen LogP) is 3.58. The van der Waals surface area contributed by atoms with Crippen LogP contribution in [0.2, 0.25) is 0 Å². The summed E-state index contributed by atoms with van der Waals surface area (Å²) in [4.78, 5) is 10.2. The van der Waals surface area contributed by atoms with Crippen LogP contribution >= 0.6 is 0 Å². The summed E-state index contributed by atoms with van der Waals surface area (Å²) in [5.74, 6) is 0. The first kappa shape index (κ1) is 16.0. The van der Waals surface area contributed by atoms with Crippen molar-refractivity contribution in [1.82, 2.24) is 5.32 Å². The first-order valence-electron chi connectivity index (χ1n) is 7.49. The van der Waals surface area contributed by atoms with E-state index in [0.29, 0.717) is 0 Å². The smallest absolute Gasteiger partial charge is 0.269 e. The van der Waals surface area contributed by atoms with E-state index in [1.165, 1.54) is 17.7 Å². The minimum atomic E-state index is -0.387. The van der Waals surface area contributed by atoms with Gasteiger partial charge in [0.15, 0.2) is 0 Å². The molecule has 2 N–H and O–H groups in total. The molecule has 0 saturated heterocycles. The van der Waals surface area contributed by atoms with Crippen molar-refractivity contribution in [3.05, 3.63) is 70.3 Å². The van der Waals surface area contributed by atoms with E-state index in [1.54, 1.807) is 12.1 Å². The summed E-state index contributed by atoms with van der Waals surface area (Å²) in [6, 6.07) is 16.9. The molecule has 116 valence electrons. The molecule has 5 heteroatoms. The number of hydrogen-bond acceptors (Lipinski definition) is 4. The predicted molar refractivity (Wildman–Crippen MR) is 89.0 cm³/mol. The van der Waals surface area contributed by atoms with Crippen LogP contribution in [0.25, 0.3) is 0 Å². The second-order valence-electron chi connectivity index (χ2n) is 5.10. The minimum absolute atomic E-state index is 0.121. The van der Waals surface area contributed by atoms with Crippen molar-refractivity contribution in [3.63, 3.8) is 0 Å². The van der Waals surface area contributed by atoms with Crippen LogP contribution in [0.15, 0.2) is 54.6 Å². The Bertz CT molecular complexity index is 570. The van der Waals surface area contributed by atoms with E-state index in [2.05, 4.69) is 22.8 Å². The number of hydrogen-bond donors (Lipinski definition) is 2. The van der Waals surface area contributed by atoms with Crippen molar-refractivity contribution in [2.24, 2.45) is 0 Å². The molecule has 0 atom stereocenters. The Hall–Kier alpha value is -2.40. The highest BCUT2D eigenvalue weighted by atomic mass is 16.6. The summed E-state index contributed by atoms with van der Waals surface area (Å²) in [6.07, 6.45) is 2.14. The first-order chi connectivity index (χ1) is 10.8. The summed E-state index contributed by atoms with van der Waals surface area (Å²) in [5, 5.41) is 17.2. The Morgan fingerprint density at radius 1 is 0.909 bits per heavy atom. The molecule has 0 amide bonds. The molecule has 0 radical (unpaired) electrons. The van der Waals surface area contributed by atoms with Gasteiger partial charge in [0.1, 0.15) is 0 Å². The van der Waals surface area contributed by atoms with Gasteiger partial charge in [0.2, 0.25) is 0 Å². The zero-order valence-electron chi connectivity index (χ0n) is 12.5. The SMILES string of the molecule is O=[N+]([O-])c1ccc(NCCCCNCc2ccccc2)cc1. The summed E-state index contributed by atoms with van der Waals surface area (Å²) in [7, 11) is 0. The Kier molecular flexibility index (Phi) is 6.39. The topological polar surface area (TPSA) is 67.2 Å². The lowest BCUT2D eigenvalue weighted by Crippen LogP contribution is -2.15. The molecule has 0 bridgehead atoms. The Morgan fingerprint density at radius 2 is 1.59 bits per heavy atom. The minimum Gasteiger partial charge on any atom is -0.385 e. The van der Waals surface area contributed by atoms with E-state index in [1.807, 2.05) is 18.2 Å². The van der Waals surface area contributed by atoms with Gasteiger partial charge in [-0.3, -0.25) is 10.1 Å². The van der Waals surface area contributed by atoms with Gasteiger partial charge >= 0.3 is 0 Å². The summed E-state index contributed by atoms with van der Waals surface area (Å²) < 4.78 is 0. The number of rotatable bonds is 9. The van der Waals surface area contributed by atoms with Crippen LogP contribution in [-0.2, 0) is 6.54 Å². The lowest BCUT2D eigenvalue weighted by Gasteiger charge is -2.07. The molecule has 0 aliphatic heterocycles. The number of nitrogens with zero attached hydrogens (tertiary/aromatic N) is 1. The van der Waals surface area contributed by atoms with E-state index >= 15 is 0 Å². The summed E-state index contributed by atoms with van der Waals surface area (Å²) >= 11 is 0. The van der Waals surface area contributed by atoms with Gasteiger partial charge in [-0.25, -0.2) is 0 Å². The molecule has 2 rings (SSSR count). The van der Waals surface area contributed by atoms with E-state index in [9.17, 15) is 10.1 Å². The number of unbranched alkanes of at least 4 members (excludes halogenated alkanes) is 1. The van der Waals surface area contributed by atoms with Crippen LogP contribution in [0.4, 0.5) is 11.4 Å². The van der Waals surface area contributed by atoms with Crippen LogP contribution in [0.3, 0.4) is 0 Å². The molecule has 0 saturated carbocycles. The highest BCUT2D eigenvalue weighted by Crippen LogP contribution is 2.15. The van der Waals surface area contributed by atoms with Gasteiger partial charge in [-0.05, 0) is 37.1 Å². The number of anilines is 1. The fourth-order valence-electron chi connectivity index (χ4n) is 2.14. The molecular weight excluding hydrogens is 278 g/mol. The Labute approximate surface area is 130 Å². The number of nitro groups is 1. The van der Waals surface area contributed by atoms with Gasteiger partial charge in [-0.15, -0.1) is 0 Å². The maximum Gasteiger partial charge on any atom is 0.269 e. The average molecular weight is 299 g/mol. The first-order valence-corrected chi connectivity index (χ1v) is 7.49. The third-order valence-corrected chi connectivity index (χ3v) is 3.36. The monoisotopic (exact) mass is 299 g/mol. The quantitative estimate of drug-likeness (QED) is 0.422. The summed E-state index contributed by atoms with van der Waals surface area (Å²) in [5.41, 5.74) is 2.34. The second kappa shape index (κ2) is 8.79. The maximum absolute atomic E-state index is 10.6. The highest BCUT2D eigenvalue weighted by molar-refractivity contribution is 5.48. The molecule has 0 unspecified atom stereocenters. The number of non-ortho nitro benzene ring substituents is 1. The molecule has 2 aromatic rings. The van der Waals surface area contributed by atoms with Crippen LogP contribution in [0.1, 0.15) is 18.4 Å². The van der Waals surface area contributed by atoms with E-state index in [0.717, 1.165) is 38.2 Å². The highest BCUT2D eigenvalue weighted by Gasteiger charge is 2.03. The zero-order chi connectivity index (χ0) is 15.6. The Balaban J connectivity index is 1.55. The van der Waals surface area contributed by atoms with Crippen molar-refractivity contribution in [1.29, 1.82) is 0 Å². The van der Waals surface area contributed by atoms with Gasteiger partial charge in [-0.2, -0.15) is 0 Å². The average Bonchev–Trinajstić information content (AvgIpc) is 2.55. The third-order valence-electron chi connectivity index (χ3n) is 3.36. The molecule has 0 aliphatic carbocycles. The molecule has 0 spiro atoms. The van der Waals surface area contributed by atoms with E-state index in [4.69, 9.17) is 0 Å². The van der Waals surface area contributed by atoms with Crippen LogP contribution in [0, 0.1) is 10.1 Å². The van der Waals surface area contributed by atoms with Crippen molar-refractivity contribution in [2.75, 3.05) is 18.4 Å². The summed E-state index contributed by atoms with van der Waals surface area (Å²) in [6.45, 7) is 2.75. The van der Waals surface area contributed by atoms with Crippen molar-refractivity contribution >= 4 is 11.4 Å². The van der Waals surface area contributed by atoms with Crippen molar-refractivity contribution < 1.29 is 4.92 Å². The van der Waals surface area contributed by atoms with Gasteiger partial charge in [0.25, 0.3) is 5.69 Å². The fourth-order valence-corrected chi connectivity index (χ4v) is 2.14. The lowest BCUT2D eigenvalue weighted by molar-refractivity contribution is -0.384. The van der Waals surface area contributed by atoms with E-state index < -0.39 is 0 Å².